The lowest BCUT2D eigenvalue weighted by atomic mass is 10.1. The Morgan fingerprint density at radius 2 is 2.14 bits per heavy atom. The molecule has 0 amide bonds. The van der Waals surface area contributed by atoms with E-state index in [1.165, 1.54) is 0 Å². The van der Waals surface area contributed by atoms with Crippen LogP contribution >= 0.6 is 23.2 Å². The molecule has 0 aromatic carbocycles. The van der Waals surface area contributed by atoms with E-state index in [0.29, 0.717) is 10.3 Å². The minimum atomic E-state index is 0.237. The van der Waals surface area contributed by atoms with Crippen molar-refractivity contribution >= 4 is 23.2 Å². The Bertz CT molecular complexity index is 324. The molecule has 5 heteroatoms. The van der Waals surface area contributed by atoms with Crippen LogP contribution in [-0.2, 0) is 0 Å². The Hall–Kier alpha value is -0.350. The van der Waals surface area contributed by atoms with Gasteiger partial charge in [-0.3, -0.25) is 0 Å². The third-order valence-electron chi connectivity index (χ3n) is 2.26. The van der Waals surface area contributed by atoms with Crippen LogP contribution in [0.15, 0.2) is 12.1 Å². The van der Waals surface area contributed by atoms with Crippen molar-refractivity contribution in [1.82, 2.24) is 15.6 Å². The molecule has 76 valence electrons. The number of nitrogens with zero attached hydrogens (tertiary/aromatic N) is 1. The van der Waals surface area contributed by atoms with E-state index in [2.05, 4.69) is 15.6 Å². The Morgan fingerprint density at radius 1 is 1.29 bits per heavy atom. The van der Waals surface area contributed by atoms with Crippen LogP contribution in [0.4, 0.5) is 0 Å². The fraction of sp³-hybridized carbons (Fsp3) is 0.444. The molecule has 0 radical (unpaired) electrons. The van der Waals surface area contributed by atoms with Gasteiger partial charge in [-0.15, -0.1) is 0 Å². The lowest BCUT2D eigenvalue weighted by Gasteiger charge is -2.25. The molecule has 14 heavy (non-hydrogen) atoms. The predicted molar refractivity (Wildman–Crippen MR) is 57.9 cm³/mol. The second-order valence-corrected chi connectivity index (χ2v) is 3.97. The molecule has 1 atom stereocenters. The first-order valence-electron chi connectivity index (χ1n) is 4.53. The molecule has 0 bridgehead atoms. The summed E-state index contributed by atoms with van der Waals surface area (Å²) in [5.74, 6) is 0. The standard InChI is InChI=1S/C9H11Cl2N3/c10-8-2-1-6(9(11)14-8)7-5-12-3-4-13-7/h1-2,7,12-13H,3-5H2. The number of hydrogen-bond donors (Lipinski definition) is 2. The zero-order chi connectivity index (χ0) is 9.97. The largest absolute Gasteiger partial charge is 0.314 e. The van der Waals surface area contributed by atoms with Crippen LogP contribution in [0.3, 0.4) is 0 Å². The van der Waals surface area contributed by atoms with Crippen LogP contribution < -0.4 is 10.6 Å². The highest BCUT2D eigenvalue weighted by molar-refractivity contribution is 6.32. The summed E-state index contributed by atoms with van der Waals surface area (Å²) in [4.78, 5) is 4.01. The molecule has 0 spiro atoms. The molecule has 0 aliphatic carbocycles. The number of pyridine rings is 1. The van der Waals surface area contributed by atoms with E-state index in [9.17, 15) is 0 Å². The Kier molecular flexibility index (Phi) is 3.23. The second kappa shape index (κ2) is 4.45. The molecule has 1 unspecified atom stereocenters. The van der Waals surface area contributed by atoms with Gasteiger partial charge in [-0.1, -0.05) is 29.3 Å². The topological polar surface area (TPSA) is 37.0 Å². The first kappa shape index (κ1) is 10.2. The van der Waals surface area contributed by atoms with Gasteiger partial charge in [0.25, 0.3) is 0 Å². The minimum absolute atomic E-state index is 0.237. The van der Waals surface area contributed by atoms with Gasteiger partial charge in [0.05, 0.1) is 0 Å². The average molecular weight is 232 g/mol. The molecule has 1 aliphatic rings. The van der Waals surface area contributed by atoms with Crippen molar-refractivity contribution in [2.24, 2.45) is 0 Å². The summed E-state index contributed by atoms with van der Waals surface area (Å²) in [6, 6.07) is 3.92. The van der Waals surface area contributed by atoms with Gasteiger partial charge in [0, 0.05) is 31.2 Å². The monoisotopic (exact) mass is 231 g/mol. The van der Waals surface area contributed by atoms with Crippen LogP contribution in [-0.4, -0.2) is 24.6 Å². The average Bonchev–Trinajstić information content (AvgIpc) is 2.19. The molecule has 1 saturated heterocycles. The van der Waals surface area contributed by atoms with Crippen LogP contribution in [0.2, 0.25) is 10.3 Å². The Morgan fingerprint density at radius 3 is 2.79 bits per heavy atom. The fourth-order valence-corrected chi connectivity index (χ4v) is 2.03. The summed E-state index contributed by atoms with van der Waals surface area (Å²) in [6.07, 6.45) is 0. The van der Waals surface area contributed by atoms with Gasteiger partial charge in [0.15, 0.2) is 0 Å². The Balaban J connectivity index is 2.22. The van der Waals surface area contributed by atoms with Gasteiger partial charge in [0.1, 0.15) is 10.3 Å². The minimum Gasteiger partial charge on any atom is -0.314 e. The van der Waals surface area contributed by atoms with E-state index in [1.54, 1.807) is 6.07 Å². The SMILES string of the molecule is Clc1ccc(C2CNCCN2)c(Cl)n1. The molecule has 3 nitrogen and oxygen atoms in total. The summed E-state index contributed by atoms with van der Waals surface area (Å²) in [7, 11) is 0. The van der Waals surface area contributed by atoms with E-state index < -0.39 is 0 Å². The van der Waals surface area contributed by atoms with Crippen molar-refractivity contribution in [3.63, 3.8) is 0 Å². The second-order valence-electron chi connectivity index (χ2n) is 3.22. The molecular weight excluding hydrogens is 221 g/mol. The first-order chi connectivity index (χ1) is 6.77. The van der Waals surface area contributed by atoms with Gasteiger partial charge in [-0.25, -0.2) is 4.98 Å². The molecule has 0 saturated carbocycles. The van der Waals surface area contributed by atoms with Crippen LogP contribution in [0, 0.1) is 0 Å². The molecule has 1 fully saturated rings. The fourth-order valence-electron chi connectivity index (χ4n) is 1.56. The summed E-state index contributed by atoms with van der Waals surface area (Å²) in [5, 5.41) is 7.58. The Labute approximate surface area is 92.8 Å². The summed E-state index contributed by atoms with van der Waals surface area (Å²) in [6.45, 7) is 2.82. The summed E-state index contributed by atoms with van der Waals surface area (Å²) < 4.78 is 0. The number of nitrogens with one attached hydrogen (secondary N) is 2. The van der Waals surface area contributed by atoms with E-state index in [-0.39, 0.29) is 6.04 Å². The lowest BCUT2D eigenvalue weighted by molar-refractivity contribution is 0.429. The maximum atomic E-state index is 6.00. The zero-order valence-electron chi connectivity index (χ0n) is 7.56. The molecule has 2 rings (SSSR count). The highest BCUT2D eigenvalue weighted by Crippen LogP contribution is 2.23. The van der Waals surface area contributed by atoms with Crippen molar-refractivity contribution in [3.8, 4) is 0 Å². The van der Waals surface area contributed by atoms with E-state index >= 15 is 0 Å². The summed E-state index contributed by atoms with van der Waals surface area (Å²) in [5.41, 5.74) is 1.00. The molecular formula is C9H11Cl2N3. The predicted octanol–water partition coefficient (Wildman–Crippen LogP) is 1.62. The number of halogens is 2. The van der Waals surface area contributed by atoms with E-state index in [4.69, 9.17) is 23.2 Å². The maximum Gasteiger partial charge on any atom is 0.135 e. The number of piperazine rings is 1. The smallest absolute Gasteiger partial charge is 0.135 e. The maximum absolute atomic E-state index is 6.00. The number of rotatable bonds is 1. The van der Waals surface area contributed by atoms with Crippen LogP contribution in [0.1, 0.15) is 11.6 Å². The normalized spacial score (nSPS) is 22.3. The van der Waals surface area contributed by atoms with Gasteiger partial charge < -0.3 is 10.6 Å². The van der Waals surface area contributed by atoms with Crippen molar-refractivity contribution in [3.05, 3.63) is 28.0 Å². The van der Waals surface area contributed by atoms with Crippen molar-refractivity contribution in [1.29, 1.82) is 0 Å². The van der Waals surface area contributed by atoms with Crippen molar-refractivity contribution < 1.29 is 0 Å². The van der Waals surface area contributed by atoms with Crippen LogP contribution in [0.5, 0.6) is 0 Å². The van der Waals surface area contributed by atoms with E-state index in [0.717, 1.165) is 25.2 Å². The van der Waals surface area contributed by atoms with Crippen molar-refractivity contribution in [2.45, 2.75) is 6.04 Å². The van der Waals surface area contributed by atoms with Crippen LogP contribution in [0.25, 0.3) is 0 Å². The van der Waals surface area contributed by atoms with Crippen molar-refractivity contribution in [2.75, 3.05) is 19.6 Å². The highest BCUT2D eigenvalue weighted by Gasteiger charge is 2.17. The zero-order valence-corrected chi connectivity index (χ0v) is 9.07. The molecule has 1 aromatic heterocycles. The summed E-state index contributed by atoms with van der Waals surface area (Å²) >= 11 is 11.7. The quantitative estimate of drug-likeness (QED) is 0.722. The molecule has 2 heterocycles. The van der Waals surface area contributed by atoms with E-state index in [1.807, 2.05) is 6.07 Å². The molecule has 1 aliphatic heterocycles. The highest BCUT2D eigenvalue weighted by atomic mass is 35.5. The number of aromatic nitrogens is 1. The molecule has 1 aromatic rings. The van der Waals surface area contributed by atoms with Gasteiger partial charge in [0.2, 0.25) is 0 Å². The van der Waals surface area contributed by atoms with Gasteiger partial charge in [-0.2, -0.15) is 0 Å². The first-order valence-corrected chi connectivity index (χ1v) is 5.29. The number of hydrogen-bond acceptors (Lipinski definition) is 3. The van der Waals surface area contributed by atoms with Gasteiger partial charge in [-0.05, 0) is 6.07 Å². The third-order valence-corrected chi connectivity index (χ3v) is 2.77. The lowest BCUT2D eigenvalue weighted by Crippen LogP contribution is -2.42. The van der Waals surface area contributed by atoms with Gasteiger partial charge >= 0.3 is 0 Å². The molecule has 2 N–H and O–H groups in total. The third kappa shape index (κ3) is 2.17.